The van der Waals surface area contributed by atoms with Gasteiger partial charge in [0.15, 0.2) is 0 Å². The van der Waals surface area contributed by atoms with E-state index >= 15 is 0 Å². The van der Waals surface area contributed by atoms with E-state index in [1.807, 2.05) is 69.8 Å². The number of hydrogen-bond donors (Lipinski definition) is 3. The number of nitrogens with one attached hydrogen (secondary N) is 2. The van der Waals surface area contributed by atoms with Gasteiger partial charge in [0.25, 0.3) is 0 Å². The van der Waals surface area contributed by atoms with Crippen LogP contribution >= 0.6 is 11.8 Å². The van der Waals surface area contributed by atoms with Gasteiger partial charge in [0.1, 0.15) is 6.61 Å². The van der Waals surface area contributed by atoms with Crippen LogP contribution in [0, 0.1) is 5.92 Å². The van der Waals surface area contributed by atoms with E-state index < -0.39 is 18.2 Å². The third-order valence-electron chi connectivity index (χ3n) is 6.35. The van der Waals surface area contributed by atoms with E-state index in [9.17, 15) is 14.7 Å². The molecular weight excluding hydrogens is 438 g/mol. The summed E-state index contributed by atoms with van der Waals surface area (Å²) >= 11 is 1.97. The molecule has 2 fully saturated rings. The SMILES string of the molecule is CCC(NC(=O)OCc1ccccc1)C(O)CN1CC2CCSC2C[C@H]1C(=O)NC(C)(C)C. The third-order valence-corrected chi connectivity index (χ3v) is 7.83. The van der Waals surface area contributed by atoms with Gasteiger partial charge in [0.2, 0.25) is 5.91 Å². The van der Waals surface area contributed by atoms with Crippen molar-refractivity contribution in [2.45, 2.75) is 82.5 Å². The van der Waals surface area contributed by atoms with Crippen molar-refractivity contribution in [3.63, 3.8) is 0 Å². The maximum absolute atomic E-state index is 13.1. The van der Waals surface area contributed by atoms with E-state index in [1.165, 1.54) is 0 Å². The largest absolute Gasteiger partial charge is 0.445 e. The lowest BCUT2D eigenvalue weighted by molar-refractivity contribution is -0.130. The van der Waals surface area contributed by atoms with Gasteiger partial charge in [-0.2, -0.15) is 11.8 Å². The van der Waals surface area contributed by atoms with Crippen molar-refractivity contribution in [1.29, 1.82) is 0 Å². The molecule has 0 aromatic heterocycles. The van der Waals surface area contributed by atoms with Crippen molar-refractivity contribution in [1.82, 2.24) is 15.5 Å². The Morgan fingerprint density at radius 3 is 2.67 bits per heavy atom. The number of nitrogens with zero attached hydrogens (tertiary/aromatic N) is 1. The summed E-state index contributed by atoms with van der Waals surface area (Å²) in [6.45, 7) is 9.20. The first-order chi connectivity index (χ1) is 15.7. The number of aliphatic hydroxyl groups is 1. The Morgan fingerprint density at radius 1 is 1.27 bits per heavy atom. The van der Waals surface area contributed by atoms with E-state index in [1.54, 1.807) is 0 Å². The van der Waals surface area contributed by atoms with Gasteiger partial charge in [0, 0.05) is 23.9 Å². The normalized spacial score (nSPS) is 25.1. The van der Waals surface area contributed by atoms with Crippen LogP contribution in [0.5, 0.6) is 0 Å². The molecule has 0 aliphatic carbocycles. The second-order valence-electron chi connectivity index (χ2n) is 10.2. The second-order valence-corrected chi connectivity index (χ2v) is 11.5. The van der Waals surface area contributed by atoms with Gasteiger partial charge in [-0.15, -0.1) is 0 Å². The van der Waals surface area contributed by atoms with Gasteiger partial charge in [-0.3, -0.25) is 9.69 Å². The van der Waals surface area contributed by atoms with Crippen LogP contribution < -0.4 is 10.6 Å². The Labute approximate surface area is 202 Å². The molecule has 4 unspecified atom stereocenters. The van der Waals surface area contributed by atoms with E-state index in [0.29, 0.717) is 24.1 Å². The van der Waals surface area contributed by atoms with E-state index in [4.69, 9.17) is 4.74 Å². The molecule has 0 saturated carbocycles. The molecule has 2 saturated heterocycles. The minimum absolute atomic E-state index is 0.0175. The number of thioether (sulfide) groups is 1. The Balaban J connectivity index is 1.59. The summed E-state index contributed by atoms with van der Waals surface area (Å²) in [5.74, 6) is 1.69. The molecule has 2 heterocycles. The predicted molar refractivity (Wildman–Crippen MR) is 132 cm³/mol. The zero-order valence-corrected chi connectivity index (χ0v) is 21.1. The molecule has 1 aromatic rings. The van der Waals surface area contributed by atoms with Crippen LogP contribution in [0.15, 0.2) is 30.3 Å². The first kappa shape index (κ1) is 25.8. The Morgan fingerprint density at radius 2 is 2.00 bits per heavy atom. The molecule has 3 N–H and O–H groups in total. The molecule has 33 heavy (non-hydrogen) atoms. The minimum atomic E-state index is -0.796. The van der Waals surface area contributed by atoms with Crippen LogP contribution in [0.25, 0.3) is 0 Å². The number of ether oxygens (including phenoxy) is 1. The van der Waals surface area contributed by atoms with E-state index in [-0.39, 0.29) is 24.1 Å². The highest BCUT2D eigenvalue weighted by Gasteiger charge is 2.43. The number of fused-ring (bicyclic) bond motifs is 1. The minimum Gasteiger partial charge on any atom is -0.445 e. The summed E-state index contributed by atoms with van der Waals surface area (Å²) in [6.07, 6.45) is 1.17. The number of rotatable bonds is 8. The number of amides is 2. The first-order valence-electron chi connectivity index (χ1n) is 12.0. The molecule has 7 nitrogen and oxygen atoms in total. The van der Waals surface area contributed by atoms with E-state index in [0.717, 1.165) is 30.7 Å². The molecular formula is C25H39N3O4S. The number of piperidine rings is 1. The molecule has 1 aromatic carbocycles. The fourth-order valence-electron chi connectivity index (χ4n) is 4.64. The van der Waals surface area contributed by atoms with Gasteiger partial charge in [0.05, 0.1) is 18.2 Å². The zero-order chi connectivity index (χ0) is 24.0. The lowest BCUT2D eigenvalue weighted by Gasteiger charge is -2.43. The van der Waals surface area contributed by atoms with Gasteiger partial charge >= 0.3 is 6.09 Å². The number of β-amino-alcohol motifs (C(OH)–C–C–N with tert-alkyl or cyclic N) is 1. The number of aliphatic hydroxyl groups excluding tert-OH is 1. The molecule has 0 spiro atoms. The lowest BCUT2D eigenvalue weighted by Crippen LogP contribution is -2.60. The number of alkyl carbamates (subject to hydrolysis) is 1. The Hall–Kier alpha value is -1.77. The third kappa shape index (κ3) is 7.62. The quantitative estimate of drug-likeness (QED) is 0.533. The molecule has 0 radical (unpaired) electrons. The summed E-state index contributed by atoms with van der Waals surface area (Å²) in [5.41, 5.74) is 0.600. The molecule has 2 aliphatic heterocycles. The second kappa shape index (κ2) is 11.6. The summed E-state index contributed by atoms with van der Waals surface area (Å²) in [7, 11) is 0. The summed E-state index contributed by atoms with van der Waals surface area (Å²) in [4.78, 5) is 27.6. The molecule has 2 amide bonds. The van der Waals surface area contributed by atoms with Gasteiger partial charge in [-0.05, 0) is 57.3 Å². The lowest BCUT2D eigenvalue weighted by atomic mass is 9.89. The predicted octanol–water partition coefficient (Wildman–Crippen LogP) is 3.16. The maximum atomic E-state index is 13.1. The molecule has 2 aliphatic rings. The molecule has 0 bridgehead atoms. The Bertz CT molecular complexity index is 786. The summed E-state index contributed by atoms with van der Waals surface area (Å²) in [6, 6.07) is 8.78. The molecule has 184 valence electrons. The fourth-order valence-corrected chi connectivity index (χ4v) is 6.20. The number of carbonyl (C=O) groups excluding carboxylic acids is 2. The highest BCUT2D eigenvalue weighted by molar-refractivity contribution is 8.00. The zero-order valence-electron chi connectivity index (χ0n) is 20.3. The number of benzene rings is 1. The van der Waals surface area contributed by atoms with Gasteiger partial charge in [-0.25, -0.2) is 4.79 Å². The van der Waals surface area contributed by atoms with Crippen molar-refractivity contribution in [3.8, 4) is 0 Å². The number of hydrogen-bond acceptors (Lipinski definition) is 6. The smallest absolute Gasteiger partial charge is 0.407 e. The number of carbonyl (C=O) groups is 2. The van der Waals surface area contributed by atoms with Gasteiger partial charge < -0.3 is 20.5 Å². The Kier molecular flexibility index (Phi) is 9.07. The monoisotopic (exact) mass is 477 g/mol. The number of likely N-dealkylation sites (tertiary alicyclic amines) is 1. The maximum Gasteiger partial charge on any atom is 0.407 e. The fraction of sp³-hybridized carbons (Fsp3) is 0.680. The highest BCUT2D eigenvalue weighted by atomic mass is 32.2. The highest BCUT2D eigenvalue weighted by Crippen LogP contribution is 2.40. The van der Waals surface area contributed by atoms with Crippen LogP contribution in [-0.4, -0.2) is 69.8 Å². The molecule has 3 rings (SSSR count). The van der Waals surface area contributed by atoms with Crippen molar-refractivity contribution in [3.05, 3.63) is 35.9 Å². The van der Waals surface area contributed by atoms with Crippen molar-refractivity contribution >= 4 is 23.8 Å². The van der Waals surface area contributed by atoms with Crippen LogP contribution in [-0.2, 0) is 16.1 Å². The first-order valence-corrected chi connectivity index (χ1v) is 13.0. The van der Waals surface area contributed by atoms with Crippen LogP contribution in [0.1, 0.15) is 52.5 Å². The van der Waals surface area contributed by atoms with Crippen LogP contribution in [0.4, 0.5) is 4.79 Å². The van der Waals surface area contributed by atoms with Crippen molar-refractivity contribution in [2.24, 2.45) is 5.92 Å². The van der Waals surface area contributed by atoms with Crippen molar-refractivity contribution < 1.29 is 19.4 Å². The molecule has 5 atom stereocenters. The summed E-state index contributed by atoms with van der Waals surface area (Å²) in [5, 5.41) is 17.5. The average molecular weight is 478 g/mol. The topological polar surface area (TPSA) is 90.9 Å². The van der Waals surface area contributed by atoms with E-state index in [2.05, 4.69) is 15.5 Å². The standard InChI is InChI=1S/C25H39N3O4S/c1-5-19(26-24(31)32-16-17-9-7-6-8-10-17)21(29)15-28-14-18-11-12-33-22(18)13-20(28)23(30)27-25(2,3)4/h6-10,18-22,29H,5,11-16H2,1-4H3,(H,26,31)(H,27,30)/t18?,19?,20-,21?,22?/m0/s1. The van der Waals surface area contributed by atoms with Crippen LogP contribution in [0.2, 0.25) is 0 Å². The van der Waals surface area contributed by atoms with Crippen molar-refractivity contribution in [2.75, 3.05) is 18.8 Å². The van der Waals surface area contributed by atoms with Crippen LogP contribution in [0.3, 0.4) is 0 Å². The summed E-state index contributed by atoms with van der Waals surface area (Å²) < 4.78 is 5.33. The molecule has 8 heteroatoms. The average Bonchev–Trinajstić information content (AvgIpc) is 3.22. The van der Waals surface area contributed by atoms with Gasteiger partial charge in [-0.1, -0.05) is 37.3 Å².